The third kappa shape index (κ3) is 7.64. The lowest BCUT2D eigenvalue weighted by Crippen LogP contribution is -2.61. The van der Waals surface area contributed by atoms with E-state index in [-0.39, 0.29) is 53.3 Å². The van der Waals surface area contributed by atoms with Crippen LogP contribution in [0.5, 0.6) is 0 Å². The molecule has 13 nitrogen and oxygen atoms in total. The highest BCUT2D eigenvalue weighted by Crippen LogP contribution is 2.48. The number of pyridine rings is 1. The minimum atomic E-state index is -4.57. The third-order valence-corrected chi connectivity index (χ3v) is 13.7. The quantitative estimate of drug-likeness (QED) is 0.174. The first-order chi connectivity index (χ1) is 28.2. The normalized spacial score (nSPS) is 19.7. The lowest BCUT2D eigenvalue weighted by Gasteiger charge is -2.47. The largest absolute Gasteiger partial charge is 0.409 e. The van der Waals surface area contributed by atoms with Crippen LogP contribution in [0.3, 0.4) is 0 Å². The van der Waals surface area contributed by atoms with Crippen LogP contribution in [-0.2, 0) is 41.4 Å². The fourth-order valence-corrected chi connectivity index (χ4v) is 10.4. The Labute approximate surface area is 343 Å². The lowest BCUT2D eigenvalue weighted by molar-refractivity contribution is -0.159. The minimum Gasteiger partial charge on any atom is -0.392 e. The van der Waals surface area contributed by atoms with Crippen molar-refractivity contribution in [3.8, 4) is 11.3 Å². The van der Waals surface area contributed by atoms with Crippen LogP contribution in [0.15, 0.2) is 54.1 Å². The summed E-state index contributed by atoms with van der Waals surface area (Å²) >= 11 is 1.55. The first-order valence-electron chi connectivity index (χ1n) is 19.8. The van der Waals surface area contributed by atoms with Crippen molar-refractivity contribution in [3.63, 3.8) is 0 Å². The summed E-state index contributed by atoms with van der Waals surface area (Å²) in [7, 11) is 1.54. The summed E-state index contributed by atoms with van der Waals surface area (Å²) < 4.78 is 50.9. The number of nitrogens with one attached hydrogen (secondary N) is 2. The summed E-state index contributed by atoms with van der Waals surface area (Å²) in [5.41, 5.74) is 3.56. The molecule has 3 N–H and O–H groups in total. The topological polar surface area (TPSA) is 145 Å². The van der Waals surface area contributed by atoms with Gasteiger partial charge in [0.05, 0.1) is 28.6 Å². The number of fused-ring (bicyclic) bond motifs is 3. The Morgan fingerprint density at radius 2 is 1.90 bits per heavy atom. The van der Waals surface area contributed by atoms with E-state index in [2.05, 4.69) is 41.0 Å². The molecule has 2 saturated heterocycles. The molecule has 0 saturated carbocycles. The Morgan fingerprint density at radius 3 is 2.63 bits per heavy atom. The predicted molar refractivity (Wildman–Crippen MR) is 221 cm³/mol. The van der Waals surface area contributed by atoms with Crippen molar-refractivity contribution in [2.75, 3.05) is 59.8 Å². The highest BCUT2D eigenvalue weighted by atomic mass is 32.1. The van der Waals surface area contributed by atoms with Crippen molar-refractivity contribution in [1.82, 2.24) is 19.4 Å². The molecule has 1 aromatic carbocycles. The predicted octanol–water partition coefficient (Wildman–Crippen LogP) is 5.92. The standard InChI is InChI=1S/C42H47F3N8O5S/c1-5-34(55)48-30-20-24(6-7-32(30)52-17-16-51(22-33(52)42(43,44)45)25-11-18-58-19-12-25)47-37-40(57)50(4)21-31(49-37)26-9-14-46-38(29(26)23-54)53-15-10-27-28-8-13-41(2,3)36(28)59-35(27)39(53)56/h5-7,9,14,20-21,25,33,54H,1,8,10-13,15-19,22-23H2,2-4H3,(H,47,49)(H,48,55)/t33-/m1/s1. The zero-order valence-electron chi connectivity index (χ0n) is 33.2. The van der Waals surface area contributed by atoms with Gasteiger partial charge < -0.3 is 29.9 Å². The number of hydrogen-bond donors (Lipinski definition) is 3. The van der Waals surface area contributed by atoms with Gasteiger partial charge >= 0.3 is 6.18 Å². The number of amides is 2. The zero-order chi connectivity index (χ0) is 41.8. The molecule has 0 unspecified atom stereocenters. The Bertz CT molecular complexity index is 2370. The molecule has 17 heteroatoms. The SMILES string of the molecule is C=CC(=O)Nc1cc(Nc2nc(-c3ccnc(N4CCc5c(sc6c5CCC6(C)C)C4=O)c3CO)cn(C)c2=O)ccc1N1CCN(C2CCOCC2)C[C@@H]1C(F)(F)F. The Balaban J connectivity index is 1.10. The number of carbonyl (C=O) groups is 2. The number of hydrogen-bond acceptors (Lipinski definition) is 11. The van der Waals surface area contributed by atoms with Gasteiger partial charge in [0.1, 0.15) is 11.9 Å². The molecule has 4 aliphatic rings. The van der Waals surface area contributed by atoms with Crippen LogP contribution in [0, 0.1) is 0 Å². The van der Waals surface area contributed by atoms with Gasteiger partial charge in [0.25, 0.3) is 11.5 Å². The number of anilines is 5. The van der Waals surface area contributed by atoms with Gasteiger partial charge in [-0.2, -0.15) is 13.2 Å². The van der Waals surface area contributed by atoms with Crippen molar-refractivity contribution in [3.05, 3.63) is 86.1 Å². The average molecular weight is 833 g/mol. The number of carbonyl (C=O) groups excluding carboxylic acids is 2. The van der Waals surface area contributed by atoms with Crippen LogP contribution in [0.2, 0.25) is 0 Å². The molecular formula is C42H47F3N8O5S. The van der Waals surface area contributed by atoms with E-state index >= 15 is 0 Å². The van der Waals surface area contributed by atoms with Gasteiger partial charge in [-0.15, -0.1) is 11.3 Å². The monoisotopic (exact) mass is 832 g/mol. The first-order valence-corrected chi connectivity index (χ1v) is 20.6. The number of piperazine rings is 1. The molecule has 0 spiro atoms. The number of rotatable bonds is 9. The molecule has 3 aliphatic heterocycles. The summed E-state index contributed by atoms with van der Waals surface area (Å²) in [4.78, 5) is 56.1. The van der Waals surface area contributed by atoms with Gasteiger partial charge in [0.2, 0.25) is 5.91 Å². The Kier molecular flexibility index (Phi) is 10.9. The molecular weight excluding hydrogens is 786 g/mol. The van der Waals surface area contributed by atoms with Gasteiger partial charge in [0, 0.05) is 86.6 Å². The number of aromatic nitrogens is 3. The summed E-state index contributed by atoms with van der Waals surface area (Å²) in [6.07, 6.45) is 3.52. The number of aliphatic hydroxyl groups is 1. The van der Waals surface area contributed by atoms with E-state index < -0.39 is 30.3 Å². The molecule has 8 rings (SSSR count). The third-order valence-electron chi connectivity index (χ3n) is 12.1. The van der Waals surface area contributed by atoms with Gasteiger partial charge in [-0.25, -0.2) is 9.97 Å². The molecule has 0 radical (unpaired) electrons. The Morgan fingerprint density at radius 1 is 1.12 bits per heavy atom. The molecule has 0 bridgehead atoms. The maximum Gasteiger partial charge on any atom is 0.409 e. The van der Waals surface area contributed by atoms with Crippen molar-refractivity contribution in [2.45, 2.75) is 76.2 Å². The molecule has 59 heavy (non-hydrogen) atoms. The van der Waals surface area contributed by atoms with E-state index in [0.717, 1.165) is 24.5 Å². The second-order valence-corrected chi connectivity index (χ2v) is 17.2. The second-order valence-electron chi connectivity index (χ2n) is 16.2. The van der Waals surface area contributed by atoms with Crippen molar-refractivity contribution < 1.29 is 32.6 Å². The number of halogens is 3. The van der Waals surface area contributed by atoms with Gasteiger partial charge in [-0.05, 0) is 79.0 Å². The minimum absolute atomic E-state index is 0.00424. The van der Waals surface area contributed by atoms with Gasteiger partial charge in [-0.1, -0.05) is 20.4 Å². The smallest absolute Gasteiger partial charge is 0.392 e. The molecule has 1 aliphatic carbocycles. The van der Waals surface area contributed by atoms with E-state index in [9.17, 15) is 32.7 Å². The van der Waals surface area contributed by atoms with Crippen LogP contribution in [0.1, 0.15) is 64.3 Å². The van der Waals surface area contributed by atoms with E-state index in [1.165, 1.54) is 50.5 Å². The molecule has 312 valence electrons. The fourth-order valence-electron chi connectivity index (χ4n) is 8.91. The van der Waals surface area contributed by atoms with Crippen molar-refractivity contribution in [2.24, 2.45) is 7.05 Å². The van der Waals surface area contributed by atoms with E-state index in [1.54, 1.807) is 29.4 Å². The van der Waals surface area contributed by atoms with E-state index in [0.29, 0.717) is 73.1 Å². The lowest BCUT2D eigenvalue weighted by atomic mass is 9.93. The first kappa shape index (κ1) is 40.7. The van der Waals surface area contributed by atoms with E-state index in [1.807, 2.05) is 4.90 Å². The number of thiophene rings is 1. The van der Waals surface area contributed by atoms with Crippen LogP contribution in [0.25, 0.3) is 11.3 Å². The van der Waals surface area contributed by atoms with Crippen LogP contribution in [0.4, 0.5) is 41.9 Å². The van der Waals surface area contributed by atoms with Crippen molar-refractivity contribution >= 4 is 51.8 Å². The highest BCUT2D eigenvalue weighted by molar-refractivity contribution is 7.14. The summed E-state index contributed by atoms with van der Waals surface area (Å²) in [5, 5.41) is 16.4. The van der Waals surface area contributed by atoms with Crippen LogP contribution >= 0.6 is 11.3 Å². The number of aliphatic hydroxyl groups excluding tert-OH is 1. The second kappa shape index (κ2) is 15.8. The molecule has 2 amide bonds. The number of nitrogens with zero attached hydrogens (tertiary/aromatic N) is 6. The maximum atomic E-state index is 14.7. The molecule has 4 aromatic rings. The number of alkyl halides is 3. The average Bonchev–Trinajstić information content (AvgIpc) is 3.76. The van der Waals surface area contributed by atoms with E-state index in [4.69, 9.17) is 4.74 Å². The molecule has 2 fully saturated rings. The molecule has 3 aromatic heterocycles. The number of benzene rings is 1. The zero-order valence-corrected chi connectivity index (χ0v) is 34.0. The number of aryl methyl sites for hydroxylation is 1. The summed E-state index contributed by atoms with van der Waals surface area (Å²) in [5.74, 6) is -0.595. The molecule has 1 atom stereocenters. The summed E-state index contributed by atoms with van der Waals surface area (Å²) in [6, 6.07) is 4.30. The number of ether oxygens (including phenoxy) is 1. The highest BCUT2D eigenvalue weighted by Gasteiger charge is 2.48. The van der Waals surface area contributed by atoms with Crippen molar-refractivity contribution in [1.29, 1.82) is 0 Å². The maximum absolute atomic E-state index is 14.7. The summed E-state index contributed by atoms with van der Waals surface area (Å²) in [6.45, 7) is 9.10. The van der Waals surface area contributed by atoms with Crippen LogP contribution < -0.4 is 26.0 Å². The fraction of sp³-hybridized carbons (Fsp3) is 0.452. The van der Waals surface area contributed by atoms with Gasteiger partial charge in [0.15, 0.2) is 5.82 Å². The van der Waals surface area contributed by atoms with Crippen LogP contribution in [-0.4, -0.2) is 94.0 Å². The van der Waals surface area contributed by atoms with Gasteiger partial charge in [-0.3, -0.25) is 24.2 Å². The Hall–Kier alpha value is -5.10. The molecule has 6 heterocycles.